The number of methoxy groups -OCH3 is 1. The number of aromatic nitrogens is 1. The molecule has 2 rings (SSSR count). The fourth-order valence-corrected chi connectivity index (χ4v) is 2.56. The SMILES string of the molecule is CCn1c(-c2ccc(OCOC)cc2Br)cccc1=O. The highest BCUT2D eigenvalue weighted by atomic mass is 79.9. The summed E-state index contributed by atoms with van der Waals surface area (Å²) in [6, 6.07) is 10.9. The minimum absolute atomic E-state index is 0.00314. The number of hydrogen-bond donors (Lipinski definition) is 0. The van der Waals surface area contributed by atoms with Crippen LogP contribution < -0.4 is 10.3 Å². The predicted octanol–water partition coefficient (Wildman–Crippen LogP) is 3.28. The molecule has 1 aromatic heterocycles. The Labute approximate surface area is 126 Å². The molecular weight excluding hydrogens is 322 g/mol. The summed E-state index contributed by atoms with van der Waals surface area (Å²) in [5, 5.41) is 0. The van der Waals surface area contributed by atoms with Crippen molar-refractivity contribution in [3.8, 4) is 17.0 Å². The van der Waals surface area contributed by atoms with Gasteiger partial charge in [0.05, 0.1) is 5.69 Å². The average molecular weight is 338 g/mol. The standard InChI is InChI=1S/C15H16BrNO3/c1-3-17-14(5-4-6-15(17)18)12-8-7-11(9-13(12)16)20-10-19-2/h4-9H,3,10H2,1-2H3. The van der Waals surface area contributed by atoms with Crippen LogP contribution in [0.2, 0.25) is 0 Å². The zero-order chi connectivity index (χ0) is 14.5. The first kappa shape index (κ1) is 14.8. The van der Waals surface area contributed by atoms with Crippen molar-refractivity contribution in [2.75, 3.05) is 13.9 Å². The molecule has 4 nitrogen and oxygen atoms in total. The molecule has 0 spiro atoms. The summed E-state index contributed by atoms with van der Waals surface area (Å²) in [6.07, 6.45) is 0. The van der Waals surface area contributed by atoms with Gasteiger partial charge < -0.3 is 14.0 Å². The molecule has 0 atom stereocenters. The summed E-state index contributed by atoms with van der Waals surface area (Å²) in [6.45, 7) is 2.79. The number of benzene rings is 1. The van der Waals surface area contributed by atoms with Gasteiger partial charge in [-0.05, 0) is 47.1 Å². The van der Waals surface area contributed by atoms with E-state index >= 15 is 0 Å². The maximum atomic E-state index is 11.9. The Hall–Kier alpha value is -1.59. The second-order valence-electron chi connectivity index (χ2n) is 4.19. The third-order valence-corrected chi connectivity index (χ3v) is 3.58. The van der Waals surface area contributed by atoms with E-state index in [2.05, 4.69) is 15.9 Å². The van der Waals surface area contributed by atoms with Crippen molar-refractivity contribution < 1.29 is 9.47 Å². The molecule has 0 aliphatic heterocycles. The van der Waals surface area contributed by atoms with Crippen LogP contribution in [0, 0.1) is 0 Å². The molecule has 0 radical (unpaired) electrons. The van der Waals surface area contributed by atoms with E-state index in [1.54, 1.807) is 23.8 Å². The molecule has 1 aromatic carbocycles. The van der Waals surface area contributed by atoms with Gasteiger partial charge >= 0.3 is 0 Å². The molecule has 5 heteroatoms. The molecule has 0 N–H and O–H groups in total. The molecule has 2 aromatic rings. The molecule has 0 aliphatic rings. The van der Waals surface area contributed by atoms with Crippen LogP contribution >= 0.6 is 15.9 Å². The van der Waals surface area contributed by atoms with E-state index in [1.165, 1.54) is 0 Å². The van der Waals surface area contributed by atoms with Crippen molar-refractivity contribution in [2.24, 2.45) is 0 Å². The van der Waals surface area contributed by atoms with Crippen molar-refractivity contribution in [1.29, 1.82) is 0 Å². The minimum Gasteiger partial charge on any atom is -0.468 e. The summed E-state index contributed by atoms with van der Waals surface area (Å²) >= 11 is 3.53. The lowest BCUT2D eigenvalue weighted by Gasteiger charge is -2.13. The molecule has 0 fully saturated rings. The van der Waals surface area contributed by atoms with Gasteiger partial charge in [-0.2, -0.15) is 0 Å². The van der Waals surface area contributed by atoms with Crippen molar-refractivity contribution >= 4 is 15.9 Å². The molecule has 106 valence electrons. The molecule has 20 heavy (non-hydrogen) atoms. The lowest BCUT2D eigenvalue weighted by molar-refractivity contribution is 0.0511. The largest absolute Gasteiger partial charge is 0.468 e. The highest BCUT2D eigenvalue weighted by Gasteiger charge is 2.09. The third-order valence-electron chi connectivity index (χ3n) is 2.93. The van der Waals surface area contributed by atoms with Gasteiger partial charge in [-0.25, -0.2) is 0 Å². The highest BCUT2D eigenvalue weighted by Crippen LogP contribution is 2.31. The second kappa shape index (κ2) is 6.72. The number of pyridine rings is 1. The normalized spacial score (nSPS) is 10.6. The van der Waals surface area contributed by atoms with E-state index < -0.39 is 0 Å². The van der Waals surface area contributed by atoms with Crippen LogP contribution in [0.25, 0.3) is 11.3 Å². The third kappa shape index (κ3) is 3.11. The number of nitrogens with zero attached hydrogens (tertiary/aromatic N) is 1. The van der Waals surface area contributed by atoms with E-state index in [0.717, 1.165) is 15.7 Å². The molecule has 0 amide bonds. The van der Waals surface area contributed by atoms with Crippen molar-refractivity contribution in [3.05, 3.63) is 51.2 Å². The minimum atomic E-state index is -0.00314. The van der Waals surface area contributed by atoms with Gasteiger partial charge in [-0.15, -0.1) is 0 Å². The number of halogens is 1. The number of ether oxygens (including phenoxy) is 2. The monoisotopic (exact) mass is 337 g/mol. The van der Waals surface area contributed by atoms with Gasteiger partial charge in [-0.3, -0.25) is 4.79 Å². The van der Waals surface area contributed by atoms with Crippen LogP contribution in [0.4, 0.5) is 0 Å². The number of rotatable bonds is 5. The van der Waals surface area contributed by atoms with E-state index in [4.69, 9.17) is 9.47 Å². The Balaban J connectivity index is 2.44. The van der Waals surface area contributed by atoms with Gasteiger partial charge in [-0.1, -0.05) is 6.07 Å². The topological polar surface area (TPSA) is 40.5 Å². The molecule has 0 saturated carbocycles. The Kier molecular flexibility index (Phi) is 4.98. The Morgan fingerprint density at radius 3 is 2.70 bits per heavy atom. The average Bonchev–Trinajstić information content (AvgIpc) is 2.45. The molecule has 1 heterocycles. The first-order valence-corrected chi connectivity index (χ1v) is 7.08. The molecule has 0 saturated heterocycles. The van der Waals surface area contributed by atoms with Gasteiger partial charge in [0, 0.05) is 29.8 Å². The molecule has 0 aliphatic carbocycles. The smallest absolute Gasteiger partial charge is 0.250 e. The van der Waals surface area contributed by atoms with Gasteiger partial charge in [0.25, 0.3) is 5.56 Å². The van der Waals surface area contributed by atoms with Crippen LogP contribution in [0.3, 0.4) is 0 Å². The summed E-state index contributed by atoms with van der Waals surface area (Å²) in [7, 11) is 1.58. The van der Waals surface area contributed by atoms with E-state index in [-0.39, 0.29) is 12.4 Å². The van der Waals surface area contributed by atoms with Crippen LogP contribution in [0.5, 0.6) is 5.75 Å². The maximum absolute atomic E-state index is 11.9. The summed E-state index contributed by atoms with van der Waals surface area (Å²) < 4.78 is 12.9. The van der Waals surface area contributed by atoms with Crippen molar-refractivity contribution in [3.63, 3.8) is 0 Å². The van der Waals surface area contributed by atoms with E-state index in [1.807, 2.05) is 31.2 Å². The van der Waals surface area contributed by atoms with E-state index in [9.17, 15) is 4.79 Å². The Morgan fingerprint density at radius 2 is 2.05 bits per heavy atom. The lowest BCUT2D eigenvalue weighted by atomic mass is 10.1. The maximum Gasteiger partial charge on any atom is 0.250 e. The van der Waals surface area contributed by atoms with Gasteiger partial charge in [0.15, 0.2) is 6.79 Å². The quantitative estimate of drug-likeness (QED) is 0.786. The molecule has 0 unspecified atom stereocenters. The van der Waals surface area contributed by atoms with Gasteiger partial charge in [0.1, 0.15) is 5.75 Å². The molecule has 0 bridgehead atoms. The number of hydrogen-bond acceptors (Lipinski definition) is 3. The summed E-state index contributed by atoms with van der Waals surface area (Å²) in [4.78, 5) is 11.9. The lowest BCUT2D eigenvalue weighted by Crippen LogP contribution is -2.19. The van der Waals surface area contributed by atoms with E-state index in [0.29, 0.717) is 12.3 Å². The predicted molar refractivity (Wildman–Crippen MR) is 82.0 cm³/mol. The van der Waals surface area contributed by atoms with Crippen LogP contribution in [0.1, 0.15) is 6.92 Å². The highest BCUT2D eigenvalue weighted by molar-refractivity contribution is 9.10. The first-order chi connectivity index (χ1) is 9.67. The molecular formula is C15H16BrNO3. The fraction of sp³-hybridized carbons (Fsp3) is 0.267. The first-order valence-electron chi connectivity index (χ1n) is 6.29. The van der Waals surface area contributed by atoms with Gasteiger partial charge in [0.2, 0.25) is 0 Å². The zero-order valence-corrected chi connectivity index (χ0v) is 13.0. The van der Waals surface area contributed by atoms with Crippen LogP contribution in [-0.4, -0.2) is 18.5 Å². The fourth-order valence-electron chi connectivity index (χ4n) is 2.00. The second-order valence-corrected chi connectivity index (χ2v) is 5.04. The van der Waals surface area contributed by atoms with Crippen molar-refractivity contribution in [2.45, 2.75) is 13.5 Å². The summed E-state index contributed by atoms with van der Waals surface area (Å²) in [5.74, 6) is 0.712. The van der Waals surface area contributed by atoms with Crippen LogP contribution in [-0.2, 0) is 11.3 Å². The zero-order valence-electron chi connectivity index (χ0n) is 11.4. The Morgan fingerprint density at radius 1 is 1.25 bits per heavy atom. The Bertz CT molecular complexity index is 652. The summed E-state index contributed by atoms with van der Waals surface area (Å²) in [5.41, 5.74) is 1.83. The van der Waals surface area contributed by atoms with Crippen LogP contribution in [0.15, 0.2) is 45.7 Å². The van der Waals surface area contributed by atoms with Crippen molar-refractivity contribution in [1.82, 2.24) is 4.57 Å².